The third kappa shape index (κ3) is 4.93. The summed E-state index contributed by atoms with van der Waals surface area (Å²) in [5.74, 6) is -1.85. The van der Waals surface area contributed by atoms with Gasteiger partial charge in [0.2, 0.25) is 5.91 Å². The smallest absolute Gasteiger partial charge is 0.285 e. The van der Waals surface area contributed by atoms with Crippen molar-refractivity contribution in [3.8, 4) is 5.69 Å². The van der Waals surface area contributed by atoms with Gasteiger partial charge < -0.3 is 18.6 Å². The number of aryl methyl sites for hydroxylation is 1. The summed E-state index contributed by atoms with van der Waals surface area (Å²) in [6.45, 7) is 2.91. The van der Waals surface area contributed by atoms with Gasteiger partial charge in [-0.05, 0) is 55.3 Å². The van der Waals surface area contributed by atoms with Crippen molar-refractivity contribution >= 4 is 34.9 Å². The van der Waals surface area contributed by atoms with E-state index in [0.717, 1.165) is 16.4 Å². The van der Waals surface area contributed by atoms with Crippen molar-refractivity contribution in [2.75, 3.05) is 26.4 Å². The van der Waals surface area contributed by atoms with Gasteiger partial charge in [-0.3, -0.25) is 19.2 Å². The molecule has 1 unspecified atom stereocenters. The highest BCUT2D eigenvalue weighted by atomic mass is 19.1. The number of fused-ring (bicyclic) bond motifs is 2. The summed E-state index contributed by atoms with van der Waals surface area (Å²) in [5, 5.41) is 0.735. The Bertz CT molecular complexity index is 2060. The summed E-state index contributed by atoms with van der Waals surface area (Å²) in [5.41, 5.74) is 4.72. The number of hydrogen-bond donors (Lipinski definition) is 0. The summed E-state index contributed by atoms with van der Waals surface area (Å²) in [6.07, 6.45) is 7.26. The molecule has 236 valence electrons. The molecule has 0 aliphatic carbocycles. The zero-order valence-electron chi connectivity index (χ0n) is 25.3. The van der Waals surface area contributed by atoms with E-state index >= 15 is 0 Å². The van der Waals surface area contributed by atoms with Gasteiger partial charge in [-0.2, -0.15) is 0 Å². The van der Waals surface area contributed by atoms with Crippen LogP contribution in [0.15, 0.2) is 89.6 Å². The number of nitrogens with zero attached hydrogens (tertiary/aromatic N) is 5. The molecule has 3 amide bonds. The highest BCUT2D eigenvalue weighted by Crippen LogP contribution is 2.44. The lowest BCUT2D eigenvalue weighted by atomic mass is 9.75. The minimum atomic E-state index is -0.757. The number of carbonyl (C=O) groups is 3. The lowest BCUT2D eigenvalue weighted by Crippen LogP contribution is -2.58. The van der Waals surface area contributed by atoms with Crippen molar-refractivity contribution in [1.29, 1.82) is 0 Å². The van der Waals surface area contributed by atoms with Crippen LogP contribution < -0.4 is 0 Å². The van der Waals surface area contributed by atoms with Crippen molar-refractivity contribution in [2.45, 2.75) is 19.4 Å². The van der Waals surface area contributed by atoms with Gasteiger partial charge in [0.15, 0.2) is 12.0 Å². The first-order valence-electron chi connectivity index (χ1n) is 15.1. The van der Waals surface area contributed by atoms with Gasteiger partial charge in [0, 0.05) is 29.3 Å². The molecule has 11 nitrogen and oxygen atoms in total. The van der Waals surface area contributed by atoms with Gasteiger partial charge in [-0.25, -0.2) is 14.4 Å². The number of hydrogen-bond acceptors (Lipinski definition) is 8. The Hall–Kier alpha value is -5.46. The maximum absolute atomic E-state index is 14.4. The number of carbonyl (C=O) groups excluding carboxylic acids is 3. The summed E-state index contributed by atoms with van der Waals surface area (Å²) in [4.78, 5) is 56.9. The van der Waals surface area contributed by atoms with Gasteiger partial charge in [-0.1, -0.05) is 30.3 Å². The lowest BCUT2D eigenvalue weighted by Gasteiger charge is -2.50. The molecule has 0 radical (unpaired) electrons. The highest BCUT2D eigenvalue weighted by Gasteiger charge is 2.49. The van der Waals surface area contributed by atoms with E-state index in [-0.39, 0.29) is 29.1 Å². The van der Waals surface area contributed by atoms with E-state index in [1.165, 1.54) is 18.5 Å². The van der Waals surface area contributed by atoms with E-state index in [1.54, 1.807) is 47.6 Å². The molecule has 12 heteroatoms. The topological polar surface area (TPSA) is 120 Å². The van der Waals surface area contributed by atoms with Gasteiger partial charge in [-0.15, -0.1) is 5.06 Å². The first-order chi connectivity index (χ1) is 22.8. The minimum absolute atomic E-state index is 0.223. The Morgan fingerprint density at radius 3 is 2.38 bits per heavy atom. The molecule has 0 bridgehead atoms. The quantitative estimate of drug-likeness (QED) is 0.180. The largest absolute Gasteiger partial charge is 0.441 e. The number of hydroxylamine groups is 2. The lowest BCUT2D eigenvalue weighted by molar-refractivity contribution is -0.167. The summed E-state index contributed by atoms with van der Waals surface area (Å²) < 4.78 is 27.3. The van der Waals surface area contributed by atoms with Crippen molar-refractivity contribution < 1.29 is 32.8 Å². The van der Waals surface area contributed by atoms with Crippen LogP contribution in [0.5, 0.6) is 0 Å². The summed E-state index contributed by atoms with van der Waals surface area (Å²) >= 11 is 0. The van der Waals surface area contributed by atoms with Crippen LogP contribution in [0.1, 0.15) is 50.0 Å². The number of aromatic nitrogens is 3. The van der Waals surface area contributed by atoms with Crippen LogP contribution in [0, 0.1) is 18.2 Å². The first kappa shape index (κ1) is 29.0. The molecule has 5 aromatic rings. The normalized spacial score (nSPS) is 18.8. The molecule has 47 heavy (non-hydrogen) atoms. The SMILES string of the molecule is Cc1cn(-c2ccc(C=C3CC4(COC4)CN(C(CON4C(=O)c5ccccc5C4=O)c4ccc(F)cc4)C3=O)c3ncoc23)cn1. The second-order valence-corrected chi connectivity index (χ2v) is 12.2. The van der Waals surface area contributed by atoms with Crippen molar-refractivity contribution in [1.82, 2.24) is 24.5 Å². The van der Waals surface area contributed by atoms with E-state index in [4.69, 9.17) is 14.0 Å². The number of ether oxygens (including phenoxy) is 1. The Morgan fingerprint density at radius 2 is 1.72 bits per heavy atom. The minimum Gasteiger partial charge on any atom is -0.441 e. The van der Waals surface area contributed by atoms with Crippen molar-refractivity contribution in [3.63, 3.8) is 0 Å². The van der Waals surface area contributed by atoms with E-state index in [2.05, 4.69) is 9.97 Å². The molecule has 3 aromatic carbocycles. The predicted octanol–water partition coefficient (Wildman–Crippen LogP) is 5.06. The molecule has 1 spiro atoms. The molecule has 3 aliphatic rings. The maximum atomic E-state index is 14.4. The fraction of sp³-hybridized carbons (Fsp3) is 0.229. The van der Waals surface area contributed by atoms with E-state index in [0.29, 0.717) is 54.0 Å². The van der Waals surface area contributed by atoms with Crippen LogP contribution >= 0.6 is 0 Å². The zero-order valence-corrected chi connectivity index (χ0v) is 25.3. The average Bonchev–Trinajstić information content (AvgIpc) is 3.78. The summed E-state index contributed by atoms with van der Waals surface area (Å²) in [7, 11) is 0. The fourth-order valence-electron chi connectivity index (χ4n) is 6.60. The van der Waals surface area contributed by atoms with Crippen molar-refractivity contribution in [2.24, 2.45) is 5.41 Å². The fourth-order valence-corrected chi connectivity index (χ4v) is 6.60. The number of imidazole rings is 1. The molecule has 0 saturated carbocycles. The zero-order chi connectivity index (χ0) is 32.3. The second-order valence-electron chi connectivity index (χ2n) is 12.2. The Labute approximate surface area is 267 Å². The van der Waals surface area contributed by atoms with Crippen LogP contribution in [0.3, 0.4) is 0 Å². The first-order valence-corrected chi connectivity index (χ1v) is 15.1. The molecule has 3 aliphatic heterocycles. The van der Waals surface area contributed by atoms with Crippen LogP contribution in [0.25, 0.3) is 22.9 Å². The number of rotatable bonds is 7. The monoisotopic (exact) mass is 633 g/mol. The third-order valence-electron chi connectivity index (χ3n) is 8.99. The van der Waals surface area contributed by atoms with Gasteiger partial charge in [0.05, 0.1) is 48.1 Å². The van der Waals surface area contributed by atoms with Gasteiger partial charge >= 0.3 is 0 Å². The number of imide groups is 1. The molecule has 2 saturated heterocycles. The van der Waals surface area contributed by atoms with E-state index in [9.17, 15) is 18.8 Å². The van der Waals surface area contributed by atoms with Crippen LogP contribution in [-0.2, 0) is 14.4 Å². The predicted molar refractivity (Wildman–Crippen MR) is 165 cm³/mol. The molecular weight excluding hydrogens is 605 g/mol. The number of amides is 3. The Balaban J connectivity index is 1.15. The van der Waals surface area contributed by atoms with Crippen LogP contribution in [-0.4, -0.2) is 68.6 Å². The van der Waals surface area contributed by atoms with E-state index < -0.39 is 23.7 Å². The maximum Gasteiger partial charge on any atom is 0.285 e. The number of benzene rings is 3. The number of piperidine rings is 1. The number of oxazole rings is 1. The van der Waals surface area contributed by atoms with Crippen LogP contribution in [0.4, 0.5) is 4.39 Å². The van der Waals surface area contributed by atoms with E-state index in [1.807, 2.05) is 35.9 Å². The second kappa shape index (κ2) is 11.1. The molecule has 8 rings (SSSR count). The Morgan fingerprint density at radius 1 is 0.979 bits per heavy atom. The molecular formula is C35H28FN5O6. The molecule has 0 N–H and O–H groups in total. The molecule has 1 atom stereocenters. The number of likely N-dealkylation sites (tertiary alicyclic amines) is 1. The highest BCUT2D eigenvalue weighted by molar-refractivity contribution is 6.20. The van der Waals surface area contributed by atoms with Crippen molar-refractivity contribution in [3.05, 3.63) is 119 Å². The molecule has 2 fully saturated rings. The standard InChI is InChI=1S/C35H28FN5O6/c1-21-14-39(19-37-21)28-11-8-23(30-31(28)46-20-38-30)12-24-13-35(17-45-18-35)16-40(32(24)42)29(22-6-9-25(36)10-7-22)15-47-41-33(43)26-4-2-3-5-27(26)34(41)44/h2-12,14,19-20,29H,13,15-18H2,1H3. The Kier molecular flexibility index (Phi) is 6.85. The average molecular weight is 634 g/mol. The molecule has 5 heterocycles. The number of halogens is 1. The van der Waals surface area contributed by atoms with Gasteiger partial charge in [0.1, 0.15) is 17.9 Å². The third-order valence-corrected chi connectivity index (χ3v) is 8.99. The van der Waals surface area contributed by atoms with Crippen LogP contribution in [0.2, 0.25) is 0 Å². The summed E-state index contributed by atoms with van der Waals surface area (Å²) in [6, 6.07) is 15.3. The van der Waals surface area contributed by atoms with Gasteiger partial charge in [0.25, 0.3) is 11.8 Å². The molecule has 2 aromatic heterocycles.